The third-order valence-electron chi connectivity index (χ3n) is 1.48. The predicted molar refractivity (Wildman–Crippen MR) is 43.3 cm³/mol. The Balaban J connectivity index is 3.37. The SMILES string of the molecule is CCn1c(N)nc(C)cc1=O. The molecule has 1 heterocycles. The van der Waals surface area contributed by atoms with Gasteiger partial charge in [-0.15, -0.1) is 0 Å². The number of nitrogens with zero attached hydrogens (tertiary/aromatic N) is 2. The third-order valence-corrected chi connectivity index (χ3v) is 1.48. The van der Waals surface area contributed by atoms with Gasteiger partial charge in [-0.05, 0) is 13.8 Å². The van der Waals surface area contributed by atoms with Crippen molar-refractivity contribution in [2.75, 3.05) is 5.73 Å². The zero-order valence-corrected chi connectivity index (χ0v) is 6.66. The van der Waals surface area contributed by atoms with E-state index in [4.69, 9.17) is 5.73 Å². The smallest absolute Gasteiger partial charge is 0.255 e. The summed E-state index contributed by atoms with van der Waals surface area (Å²) in [5, 5.41) is 0. The molecule has 1 aromatic heterocycles. The molecule has 0 spiro atoms. The van der Waals surface area contributed by atoms with E-state index < -0.39 is 0 Å². The standard InChI is InChI=1S/C7H11N3O/c1-3-10-6(11)4-5(2)9-7(10)8/h4H,3H2,1-2H3,(H2,8,9). The highest BCUT2D eigenvalue weighted by atomic mass is 16.1. The minimum absolute atomic E-state index is 0.0856. The van der Waals surface area contributed by atoms with Crippen LogP contribution in [0.2, 0.25) is 0 Å². The number of aryl methyl sites for hydroxylation is 1. The van der Waals surface area contributed by atoms with Crippen LogP contribution >= 0.6 is 0 Å². The van der Waals surface area contributed by atoms with Gasteiger partial charge in [0.25, 0.3) is 5.56 Å². The lowest BCUT2D eigenvalue weighted by Gasteiger charge is -2.04. The fourth-order valence-electron chi connectivity index (χ4n) is 0.961. The number of nitrogens with two attached hydrogens (primary N) is 1. The predicted octanol–water partition coefficient (Wildman–Crippen LogP) is 0.154. The van der Waals surface area contributed by atoms with Gasteiger partial charge in [0.1, 0.15) is 0 Å². The molecule has 0 amide bonds. The first-order chi connectivity index (χ1) is 5.15. The highest BCUT2D eigenvalue weighted by molar-refractivity contribution is 5.19. The average Bonchev–Trinajstić information content (AvgIpc) is 1.85. The summed E-state index contributed by atoms with van der Waals surface area (Å²) in [7, 11) is 0. The number of hydrogen-bond acceptors (Lipinski definition) is 3. The molecule has 60 valence electrons. The van der Waals surface area contributed by atoms with Crippen LogP contribution in [-0.4, -0.2) is 9.55 Å². The van der Waals surface area contributed by atoms with E-state index in [2.05, 4.69) is 4.98 Å². The lowest BCUT2D eigenvalue weighted by atomic mass is 10.4. The van der Waals surface area contributed by atoms with E-state index in [9.17, 15) is 4.79 Å². The molecule has 0 aliphatic carbocycles. The van der Waals surface area contributed by atoms with Crippen LogP contribution in [0.3, 0.4) is 0 Å². The van der Waals surface area contributed by atoms with Crippen molar-refractivity contribution < 1.29 is 0 Å². The van der Waals surface area contributed by atoms with Gasteiger partial charge in [-0.2, -0.15) is 0 Å². The Morgan fingerprint density at radius 2 is 2.36 bits per heavy atom. The first kappa shape index (κ1) is 7.78. The molecule has 4 nitrogen and oxygen atoms in total. The number of hydrogen-bond donors (Lipinski definition) is 1. The lowest BCUT2D eigenvalue weighted by molar-refractivity contribution is 0.717. The summed E-state index contributed by atoms with van der Waals surface area (Å²) in [5.74, 6) is 0.289. The number of anilines is 1. The zero-order valence-electron chi connectivity index (χ0n) is 6.66. The van der Waals surface area contributed by atoms with Crippen LogP contribution in [0.1, 0.15) is 12.6 Å². The minimum atomic E-state index is -0.0856. The molecule has 0 aliphatic heterocycles. The monoisotopic (exact) mass is 153 g/mol. The van der Waals surface area contributed by atoms with Gasteiger partial charge in [0.15, 0.2) is 0 Å². The molecule has 0 atom stereocenters. The molecule has 0 aromatic carbocycles. The lowest BCUT2D eigenvalue weighted by Crippen LogP contribution is -2.23. The second-order valence-electron chi connectivity index (χ2n) is 2.34. The molecule has 0 saturated heterocycles. The molecule has 0 fully saturated rings. The van der Waals surface area contributed by atoms with Crippen LogP contribution in [-0.2, 0) is 6.54 Å². The summed E-state index contributed by atoms with van der Waals surface area (Å²) in [6, 6.07) is 1.47. The Morgan fingerprint density at radius 1 is 1.73 bits per heavy atom. The first-order valence-corrected chi connectivity index (χ1v) is 3.49. The Morgan fingerprint density at radius 3 is 2.82 bits per heavy atom. The summed E-state index contributed by atoms with van der Waals surface area (Å²) in [6.07, 6.45) is 0. The summed E-state index contributed by atoms with van der Waals surface area (Å²) in [6.45, 7) is 4.17. The average molecular weight is 153 g/mol. The van der Waals surface area contributed by atoms with Crippen molar-refractivity contribution >= 4 is 5.95 Å². The van der Waals surface area contributed by atoms with Crippen LogP contribution in [0.25, 0.3) is 0 Å². The Bertz CT molecular complexity index is 316. The highest BCUT2D eigenvalue weighted by Crippen LogP contribution is 1.94. The third kappa shape index (κ3) is 1.39. The van der Waals surface area contributed by atoms with Gasteiger partial charge in [-0.1, -0.05) is 0 Å². The maximum absolute atomic E-state index is 11.1. The highest BCUT2D eigenvalue weighted by Gasteiger charge is 1.99. The molecular formula is C7H11N3O. The molecule has 0 aliphatic rings. The van der Waals surface area contributed by atoms with Gasteiger partial charge in [-0.25, -0.2) is 4.98 Å². The molecule has 4 heteroatoms. The van der Waals surface area contributed by atoms with E-state index >= 15 is 0 Å². The summed E-state index contributed by atoms with van der Waals surface area (Å²) in [4.78, 5) is 15.1. The van der Waals surface area contributed by atoms with E-state index in [1.165, 1.54) is 10.6 Å². The van der Waals surface area contributed by atoms with Gasteiger partial charge in [-0.3, -0.25) is 9.36 Å². The van der Waals surface area contributed by atoms with Crippen molar-refractivity contribution in [2.24, 2.45) is 0 Å². The van der Waals surface area contributed by atoms with E-state index in [1.54, 1.807) is 6.92 Å². The molecule has 1 rings (SSSR count). The summed E-state index contributed by atoms with van der Waals surface area (Å²) >= 11 is 0. The largest absolute Gasteiger partial charge is 0.369 e. The first-order valence-electron chi connectivity index (χ1n) is 3.49. The molecule has 0 unspecified atom stereocenters. The topological polar surface area (TPSA) is 60.9 Å². The maximum atomic E-state index is 11.1. The Labute approximate surface area is 64.7 Å². The normalized spacial score (nSPS) is 10.0. The fraction of sp³-hybridized carbons (Fsp3) is 0.429. The van der Waals surface area contributed by atoms with Crippen molar-refractivity contribution in [3.8, 4) is 0 Å². The quantitative estimate of drug-likeness (QED) is 0.624. The van der Waals surface area contributed by atoms with Crippen LogP contribution in [0.5, 0.6) is 0 Å². The number of rotatable bonds is 1. The van der Waals surface area contributed by atoms with Crippen molar-refractivity contribution in [1.82, 2.24) is 9.55 Å². The van der Waals surface area contributed by atoms with Crippen LogP contribution < -0.4 is 11.3 Å². The number of nitrogen functional groups attached to an aromatic ring is 1. The molecule has 0 bridgehead atoms. The molecule has 0 saturated carbocycles. The second kappa shape index (κ2) is 2.74. The Kier molecular flexibility index (Phi) is 1.94. The zero-order chi connectivity index (χ0) is 8.43. The van der Waals surface area contributed by atoms with Crippen LogP contribution in [0, 0.1) is 6.92 Å². The molecule has 0 radical (unpaired) electrons. The van der Waals surface area contributed by atoms with Crippen molar-refractivity contribution in [2.45, 2.75) is 20.4 Å². The van der Waals surface area contributed by atoms with E-state index in [0.717, 1.165) is 0 Å². The van der Waals surface area contributed by atoms with Gasteiger partial charge in [0.05, 0.1) is 0 Å². The van der Waals surface area contributed by atoms with Crippen LogP contribution in [0.4, 0.5) is 5.95 Å². The van der Waals surface area contributed by atoms with Gasteiger partial charge in [0, 0.05) is 18.3 Å². The van der Waals surface area contributed by atoms with Gasteiger partial charge < -0.3 is 5.73 Å². The number of aromatic nitrogens is 2. The molecule has 1 aromatic rings. The summed E-state index contributed by atoms with van der Waals surface area (Å²) in [5.41, 5.74) is 6.06. The van der Waals surface area contributed by atoms with Gasteiger partial charge in [0.2, 0.25) is 5.95 Å². The molecule has 2 N–H and O–H groups in total. The fourth-order valence-corrected chi connectivity index (χ4v) is 0.961. The van der Waals surface area contributed by atoms with Gasteiger partial charge >= 0.3 is 0 Å². The van der Waals surface area contributed by atoms with Crippen molar-refractivity contribution in [1.29, 1.82) is 0 Å². The molecular weight excluding hydrogens is 142 g/mol. The van der Waals surface area contributed by atoms with Crippen molar-refractivity contribution in [3.05, 3.63) is 22.1 Å². The summed E-state index contributed by atoms with van der Waals surface area (Å²) < 4.78 is 1.42. The van der Waals surface area contributed by atoms with Crippen LogP contribution in [0.15, 0.2) is 10.9 Å². The van der Waals surface area contributed by atoms with Crippen molar-refractivity contribution in [3.63, 3.8) is 0 Å². The van der Waals surface area contributed by atoms with E-state index in [0.29, 0.717) is 12.2 Å². The second-order valence-corrected chi connectivity index (χ2v) is 2.34. The van der Waals surface area contributed by atoms with E-state index in [-0.39, 0.29) is 11.5 Å². The minimum Gasteiger partial charge on any atom is -0.369 e. The maximum Gasteiger partial charge on any atom is 0.255 e. The Hall–Kier alpha value is -1.32. The molecule has 11 heavy (non-hydrogen) atoms. The van der Waals surface area contributed by atoms with E-state index in [1.807, 2.05) is 6.92 Å².